The van der Waals surface area contributed by atoms with E-state index in [4.69, 9.17) is 5.73 Å². The molecule has 0 aliphatic heterocycles. The van der Waals surface area contributed by atoms with Gasteiger partial charge in [-0.3, -0.25) is 0 Å². The zero-order valence-corrected chi connectivity index (χ0v) is 9.91. The van der Waals surface area contributed by atoms with Crippen molar-refractivity contribution >= 4 is 5.82 Å². The van der Waals surface area contributed by atoms with Crippen LogP contribution in [0.25, 0.3) is 11.3 Å². The number of hydrogen-bond acceptors (Lipinski definition) is 2. The largest absolute Gasteiger partial charge is 0.382 e. The van der Waals surface area contributed by atoms with E-state index in [-0.39, 0.29) is 5.41 Å². The Morgan fingerprint density at radius 3 is 2.25 bits per heavy atom. The number of nitrogens with one attached hydrogen (secondary N) is 1. The van der Waals surface area contributed by atoms with Crippen LogP contribution in [0.15, 0.2) is 30.3 Å². The first kappa shape index (κ1) is 10.7. The number of nitrogens with two attached hydrogens (primary N) is 1. The van der Waals surface area contributed by atoms with Gasteiger partial charge >= 0.3 is 0 Å². The van der Waals surface area contributed by atoms with Crippen LogP contribution >= 0.6 is 0 Å². The molecule has 2 aromatic rings. The van der Waals surface area contributed by atoms with Gasteiger partial charge < -0.3 is 10.7 Å². The molecule has 0 bridgehead atoms. The quantitative estimate of drug-likeness (QED) is 0.768. The fourth-order valence-corrected chi connectivity index (χ4v) is 1.57. The number of hydrogen-bond donors (Lipinski definition) is 2. The SMILES string of the molecule is CC(C)(C)c1nc(N)c(-c2ccccc2)[nH]1. The summed E-state index contributed by atoms with van der Waals surface area (Å²) in [6, 6.07) is 10.0. The number of anilines is 1. The van der Waals surface area contributed by atoms with E-state index in [1.807, 2.05) is 30.3 Å². The third-order valence-electron chi connectivity index (χ3n) is 2.50. The van der Waals surface area contributed by atoms with Crippen molar-refractivity contribution in [3.63, 3.8) is 0 Å². The van der Waals surface area contributed by atoms with E-state index in [1.54, 1.807) is 0 Å². The van der Waals surface area contributed by atoms with Crippen molar-refractivity contribution in [3.8, 4) is 11.3 Å². The van der Waals surface area contributed by atoms with Gasteiger partial charge in [0, 0.05) is 11.0 Å². The van der Waals surface area contributed by atoms with E-state index in [0.717, 1.165) is 17.1 Å². The molecule has 1 heterocycles. The molecule has 0 saturated heterocycles. The highest BCUT2D eigenvalue weighted by atomic mass is 15.0. The van der Waals surface area contributed by atoms with Crippen molar-refractivity contribution < 1.29 is 0 Å². The summed E-state index contributed by atoms with van der Waals surface area (Å²) in [6.45, 7) is 6.33. The van der Waals surface area contributed by atoms with E-state index < -0.39 is 0 Å². The summed E-state index contributed by atoms with van der Waals surface area (Å²) in [5.74, 6) is 1.49. The fraction of sp³-hybridized carbons (Fsp3) is 0.308. The summed E-state index contributed by atoms with van der Waals surface area (Å²) in [6.07, 6.45) is 0. The standard InChI is InChI=1S/C13H17N3/c1-13(2,3)12-15-10(11(14)16-12)9-7-5-4-6-8-9/h4-8H,14H2,1-3H3,(H,15,16). The number of aromatic nitrogens is 2. The third kappa shape index (κ3) is 1.94. The summed E-state index contributed by atoms with van der Waals surface area (Å²) in [7, 11) is 0. The molecule has 0 aliphatic rings. The number of rotatable bonds is 1. The molecular weight excluding hydrogens is 198 g/mol. The topological polar surface area (TPSA) is 54.7 Å². The molecule has 0 spiro atoms. The molecule has 0 fully saturated rings. The van der Waals surface area contributed by atoms with E-state index in [1.165, 1.54) is 0 Å². The molecule has 0 amide bonds. The van der Waals surface area contributed by atoms with Crippen LogP contribution in [0.2, 0.25) is 0 Å². The van der Waals surface area contributed by atoms with E-state index in [0.29, 0.717) is 5.82 Å². The lowest BCUT2D eigenvalue weighted by Gasteiger charge is -2.13. The number of H-pyrrole nitrogens is 1. The van der Waals surface area contributed by atoms with Crippen molar-refractivity contribution in [3.05, 3.63) is 36.2 Å². The smallest absolute Gasteiger partial charge is 0.149 e. The van der Waals surface area contributed by atoms with E-state index in [2.05, 4.69) is 30.7 Å². The van der Waals surface area contributed by atoms with Crippen molar-refractivity contribution in [1.29, 1.82) is 0 Å². The molecule has 0 aliphatic carbocycles. The lowest BCUT2D eigenvalue weighted by atomic mass is 9.96. The second-order valence-corrected chi connectivity index (χ2v) is 4.96. The monoisotopic (exact) mass is 215 g/mol. The van der Waals surface area contributed by atoms with Crippen LogP contribution in [-0.2, 0) is 5.41 Å². The molecule has 0 saturated carbocycles. The third-order valence-corrected chi connectivity index (χ3v) is 2.50. The normalized spacial score (nSPS) is 11.7. The number of imidazole rings is 1. The summed E-state index contributed by atoms with van der Waals surface area (Å²) in [5.41, 5.74) is 7.90. The van der Waals surface area contributed by atoms with Crippen LogP contribution in [-0.4, -0.2) is 9.97 Å². The molecule has 2 rings (SSSR count). The zero-order valence-electron chi connectivity index (χ0n) is 9.91. The maximum atomic E-state index is 5.93. The van der Waals surface area contributed by atoms with Gasteiger partial charge in [-0.2, -0.15) is 0 Å². The summed E-state index contributed by atoms with van der Waals surface area (Å²) in [5, 5.41) is 0. The molecule has 0 radical (unpaired) electrons. The van der Waals surface area contributed by atoms with Crippen LogP contribution < -0.4 is 5.73 Å². The van der Waals surface area contributed by atoms with Gasteiger partial charge in [-0.1, -0.05) is 51.1 Å². The van der Waals surface area contributed by atoms with Crippen LogP contribution in [0.4, 0.5) is 5.82 Å². The van der Waals surface area contributed by atoms with Crippen molar-refractivity contribution in [1.82, 2.24) is 9.97 Å². The van der Waals surface area contributed by atoms with Gasteiger partial charge in [0.25, 0.3) is 0 Å². The maximum absolute atomic E-state index is 5.93. The molecule has 84 valence electrons. The average Bonchev–Trinajstić information content (AvgIpc) is 2.61. The molecule has 3 nitrogen and oxygen atoms in total. The van der Waals surface area contributed by atoms with Crippen LogP contribution in [0, 0.1) is 0 Å². The lowest BCUT2D eigenvalue weighted by Crippen LogP contribution is -2.13. The number of benzene rings is 1. The van der Waals surface area contributed by atoms with Gasteiger partial charge in [-0.05, 0) is 0 Å². The molecule has 0 unspecified atom stereocenters. The summed E-state index contributed by atoms with van der Waals surface area (Å²) in [4.78, 5) is 7.68. The molecule has 3 heteroatoms. The summed E-state index contributed by atoms with van der Waals surface area (Å²) >= 11 is 0. The van der Waals surface area contributed by atoms with Crippen molar-refractivity contribution in [2.24, 2.45) is 0 Å². The minimum atomic E-state index is -0.0127. The first-order chi connectivity index (χ1) is 7.48. The molecule has 1 aromatic heterocycles. The predicted molar refractivity (Wildman–Crippen MR) is 67.1 cm³/mol. The van der Waals surface area contributed by atoms with Gasteiger partial charge in [-0.25, -0.2) is 4.98 Å². The van der Waals surface area contributed by atoms with Gasteiger partial charge in [0.2, 0.25) is 0 Å². The summed E-state index contributed by atoms with van der Waals surface area (Å²) < 4.78 is 0. The molecule has 1 aromatic carbocycles. The van der Waals surface area contributed by atoms with Crippen LogP contribution in [0.5, 0.6) is 0 Å². The Morgan fingerprint density at radius 1 is 1.12 bits per heavy atom. The Morgan fingerprint density at radius 2 is 1.75 bits per heavy atom. The second-order valence-electron chi connectivity index (χ2n) is 4.96. The minimum absolute atomic E-state index is 0.0127. The molecule has 16 heavy (non-hydrogen) atoms. The van der Waals surface area contributed by atoms with Gasteiger partial charge in [0.1, 0.15) is 11.6 Å². The maximum Gasteiger partial charge on any atom is 0.149 e. The van der Waals surface area contributed by atoms with E-state index >= 15 is 0 Å². The highest BCUT2D eigenvalue weighted by Gasteiger charge is 2.20. The Kier molecular flexibility index (Phi) is 2.46. The number of nitrogens with zero attached hydrogens (tertiary/aromatic N) is 1. The Labute approximate surface area is 95.7 Å². The first-order valence-electron chi connectivity index (χ1n) is 5.40. The van der Waals surface area contributed by atoms with Gasteiger partial charge in [0.05, 0.1) is 5.69 Å². The molecule has 0 atom stereocenters. The van der Waals surface area contributed by atoms with Gasteiger partial charge in [-0.15, -0.1) is 0 Å². The van der Waals surface area contributed by atoms with Crippen LogP contribution in [0.1, 0.15) is 26.6 Å². The van der Waals surface area contributed by atoms with E-state index in [9.17, 15) is 0 Å². The number of nitrogen functional groups attached to an aromatic ring is 1. The van der Waals surface area contributed by atoms with Crippen molar-refractivity contribution in [2.45, 2.75) is 26.2 Å². The molecular formula is C13H17N3. The van der Waals surface area contributed by atoms with Gasteiger partial charge in [0.15, 0.2) is 0 Å². The zero-order chi connectivity index (χ0) is 11.8. The minimum Gasteiger partial charge on any atom is -0.382 e. The Bertz CT molecular complexity index is 478. The second kappa shape index (κ2) is 3.67. The Balaban J connectivity index is 2.48. The van der Waals surface area contributed by atoms with Crippen molar-refractivity contribution in [2.75, 3.05) is 5.73 Å². The fourth-order valence-electron chi connectivity index (χ4n) is 1.57. The Hall–Kier alpha value is -1.77. The average molecular weight is 215 g/mol. The lowest BCUT2D eigenvalue weighted by molar-refractivity contribution is 0.553. The molecule has 3 N–H and O–H groups in total. The predicted octanol–water partition coefficient (Wildman–Crippen LogP) is 2.96. The number of aromatic amines is 1. The van der Waals surface area contributed by atoms with Crippen LogP contribution in [0.3, 0.4) is 0 Å². The highest BCUT2D eigenvalue weighted by Crippen LogP contribution is 2.28. The highest BCUT2D eigenvalue weighted by molar-refractivity contribution is 5.70. The first-order valence-corrected chi connectivity index (χ1v) is 5.40.